The lowest BCUT2D eigenvalue weighted by molar-refractivity contribution is 1.01. The van der Waals surface area contributed by atoms with Gasteiger partial charge in [0.25, 0.3) is 0 Å². The number of hydrogen-bond acceptors (Lipinski definition) is 4. The van der Waals surface area contributed by atoms with E-state index in [1.54, 1.807) is 6.20 Å². The van der Waals surface area contributed by atoms with Crippen molar-refractivity contribution in [2.45, 2.75) is 6.92 Å². The van der Waals surface area contributed by atoms with Gasteiger partial charge in [-0.05, 0) is 28.4 Å². The maximum Gasteiger partial charge on any atom is 0.140 e. The van der Waals surface area contributed by atoms with E-state index in [0.29, 0.717) is 18.8 Å². The van der Waals surface area contributed by atoms with Crippen LogP contribution in [-0.2, 0) is 0 Å². The highest BCUT2D eigenvalue weighted by molar-refractivity contribution is 9.10. The Morgan fingerprint density at radius 3 is 2.92 bits per heavy atom. The van der Waals surface area contributed by atoms with Gasteiger partial charge in [-0.1, -0.05) is 0 Å². The standard InChI is InChI=1S/C8H13BrN4/c1-5-6(11)4-13-8(7(5)9)12-3-2-10/h4H,2-3,10-11H2,1H3,(H,12,13). The molecule has 0 amide bonds. The van der Waals surface area contributed by atoms with Crippen LogP contribution in [0.3, 0.4) is 0 Å². The van der Waals surface area contributed by atoms with Crippen molar-refractivity contribution < 1.29 is 0 Å². The summed E-state index contributed by atoms with van der Waals surface area (Å²) in [6.45, 7) is 3.22. The zero-order valence-corrected chi connectivity index (χ0v) is 9.06. The van der Waals surface area contributed by atoms with E-state index < -0.39 is 0 Å². The van der Waals surface area contributed by atoms with E-state index in [-0.39, 0.29) is 0 Å². The molecular weight excluding hydrogens is 232 g/mol. The number of aromatic nitrogens is 1. The number of pyridine rings is 1. The molecule has 5 heteroatoms. The van der Waals surface area contributed by atoms with Gasteiger partial charge in [-0.3, -0.25) is 0 Å². The first-order chi connectivity index (χ1) is 6.16. The molecule has 5 N–H and O–H groups in total. The molecule has 1 aromatic heterocycles. The van der Waals surface area contributed by atoms with Gasteiger partial charge < -0.3 is 16.8 Å². The molecule has 0 atom stereocenters. The van der Waals surface area contributed by atoms with Crippen LogP contribution in [0.1, 0.15) is 5.56 Å². The average Bonchev–Trinajstić information content (AvgIpc) is 2.13. The van der Waals surface area contributed by atoms with Crippen LogP contribution >= 0.6 is 15.9 Å². The van der Waals surface area contributed by atoms with E-state index in [9.17, 15) is 0 Å². The van der Waals surface area contributed by atoms with Gasteiger partial charge >= 0.3 is 0 Å². The molecule has 72 valence electrons. The predicted molar refractivity (Wildman–Crippen MR) is 58.6 cm³/mol. The Balaban J connectivity index is 2.90. The molecule has 0 aliphatic carbocycles. The zero-order chi connectivity index (χ0) is 9.84. The van der Waals surface area contributed by atoms with Gasteiger partial charge in [0, 0.05) is 13.1 Å². The van der Waals surface area contributed by atoms with Crippen molar-refractivity contribution >= 4 is 27.4 Å². The number of anilines is 2. The second-order valence-electron chi connectivity index (χ2n) is 2.72. The summed E-state index contributed by atoms with van der Waals surface area (Å²) in [5.41, 5.74) is 12.7. The van der Waals surface area contributed by atoms with Gasteiger partial charge in [-0.2, -0.15) is 0 Å². The first-order valence-corrected chi connectivity index (χ1v) is 4.80. The number of hydrogen-bond donors (Lipinski definition) is 3. The van der Waals surface area contributed by atoms with Crippen molar-refractivity contribution in [1.82, 2.24) is 4.98 Å². The van der Waals surface area contributed by atoms with Gasteiger partial charge in [-0.25, -0.2) is 4.98 Å². The fourth-order valence-corrected chi connectivity index (χ4v) is 1.38. The van der Waals surface area contributed by atoms with Crippen molar-refractivity contribution in [3.05, 3.63) is 16.2 Å². The first kappa shape index (κ1) is 10.3. The maximum absolute atomic E-state index is 5.67. The van der Waals surface area contributed by atoms with E-state index >= 15 is 0 Å². The third kappa shape index (κ3) is 2.32. The van der Waals surface area contributed by atoms with Crippen LogP contribution in [0.15, 0.2) is 10.7 Å². The summed E-state index contributed by atoms with van der Waals surface area (Å²) in [6.07, 6.45) is 1.64. The molecule has 0 fully saturated rings. The van der Waals surface area contributed by atoms with Crippen LogP contribution in [0.2, 0.25) is 0 Å². The Morgan fingerprint density at radius 2 is 2.31 bits per heavy atom. The molecule has 0 aliphatic rings. The lowest BCUT2D eigenvalue weighted by atomic mass is 10.2. The van der Waals surface area contributed by atoms with Gasteiger partial charge in [0.15, 0.2) is 0 Å². The molecule has 1 heterocycles. The largest absolute Gasteiger partial charge is 0.397 e. The lowest BCUT2D eigenvalue weighted by Crippen LogP contribution is -2.14. The molecule has 0 bridgehead atoms. The number of rotatable bonds is 3. The molecule has 0 aliphatic heterocycles. The Hall–Kier alpha value is -0.810. The Kier molecular flexibility index (Phi) is 3.50. The number of nitrogens with one attached hydrogen (secondary N) is 1. The van der Waals surface area contributed by atoms with E-state index in [1.165, 1.54) is 0 Å². The summed E-state index contributed by atoms with van der Waals surface area (Å²) >= 11 is 3.42. The van der Waals surface area contributed by atoms with Gasteiger partial charge in [0.2, 0.25) is 0 Å². The number of nitrogens with two attached hydrogens (primary N) is 2. The molecular formula is C8H13BrN4. The molecule has 0 spiro atoms. The SMILES string of the molecule is Cc1c(N)cnc(NCCN)c1Br. The van der Waals surface area contributed by atoms with E-state index in [2.05, 4.69) is 26.2 Å². The molecule has 0 saturated carbocycles. The highest BCUT2D eigenvalue weighted by Crippen LogP contribution is 2.27. The molecule has 1 aromatic rings. The van der Waals surface area contributed by atoms with E-state index in [1.807, 2.05) is 6.92 Å². The second-order valence-corrected chi connectivity index (χ2v) is 3.51. The van der Waals surface area contributed by atoms with Crippen LogP contribution in [0.5, 0.6) is 0 Å². The smallest absolute Gasteiger partial charge is 0.140 e. The molecule has 0 saturated heterocycles. The van der Waals surface area contributed by atoms with Crippen LogP contribution in [-0.4, -0.2) is 18.1 Å². The minimum atomic E-state index is 0.581. The molecule has 1 rings (SSSR count). The van der Waals surface area contributed by atoms with E-state index in [0.717, 1.165) is 15.9 Å². The topological polar surface area (TPSA) is 77.0 Å². The average molecular weight is 245 g/mol. The van der Waals surface area contributed by atoms with Crippen LogP contribution in [0, 0.1) is 6.92 Å². The second kappa shape index (κ2) is 4.43. The Morgan fingerprint density at radius 1 is 1.62 bits per heavy atom. The molecule has 0 radical (unpaired) electrons. The number of halogens is 1. The highest BCUT2D eigenvalue weighted by atomic mass is 79.9. The summed E-state index contributed by atoms with van der Waals surface area (Å²) in [7, 11) is 0. The Labute approximate surface area is 85.8 Å². The summed E-state index contributed by atoms with van der Waals surface area (Å²) in [5, 5.41) is 3.09. The predicted octanol–water partition coefficient (Wildman–Crippen LogP) is 1.11. The van der Waals surface area contributed by atoms with Crippen molar-refractivity contribution in [1.29, 1.82) is 0 Å². The quantitative estimate of drug-likeness (QED) is 0.745. The Bertz CT molecular complexity index is 300. The van der Waals surface area contributed by atoms with Gasteiger partial charge in [0.05, 0.1) is 16.4 Å². The maximum atomic E-state index is 5.67. The van der Waals surface area contributed by atoms with Crippen molar-refractivity contribution in [3.8, 4) is 0 Å². The molecule has 0 aromatic carbocycles. The van der Waals surface area contributed by atoms with Crippen molar-refractivity contribution in [2.75, 3.05) is 24.1 Å². The van der Waals surface area contributed by atoms with Crippen LogP contribution in [0.25, 0.3) is 0 Å². The van der Waals surface area contributed by atoms with Crippen molar-refractivity contribution in [2.24, 2.45) is 5.73 Å². The van der Waals surface area contributed by atoms with Gasteiger partial charge in [-0.15, -0.1) is 0 Å². The van der Waals surface area contributed by atoms with Gasteiger partial charge in [0.1, 0.15) is 5.82 Å². The van der Waals surface area contributed by atoms with Crippen LogP contribution < -0.4 is 16.8 Å². The molecule has 13 heavy (non-hydrogen) atoms. The minimum Gasteiger partial charge on any atom is -0.397 e. The highest BCUT2D eigenvalue weighted by Gasteiger charge is 2.05. The van der Waals surface area contributed by atoms with Crippen LogP contribution in [0.4, 0.5) is 11.5 Å². The van der Waals surface area contributed by atoms with Crippen molar-refractivity contribution in [3.63, 3.8) is 0 Å². The monoisotopic (exact) mass is 244 g/mol. The third-order valence-electron chi connectivity index (χ3n) is 1.74. The fourth-order valence-electron chi connectivity index (χ4n) is 0.906. The fraction of sp³-hybridized carbons (Fsp3) is 0.375. The molecule has 4 nitrogen and oxygen atoms in total. The minimum absolute atomic E-state index is 0.581. The molecule has 0 unspecified atom stereocenters. The summed E-state index contributed by atoms with van der Waals surface area (Å²) < 4.78 is 0.904. The van der Waals surface area contributed by atoms with E-state index in [4.69, 9.17) is 11.5 Å². The third-order valence-corrected chi connectivity index (χ3v) is 2.71. The normalized spacial score (nSPS) is 10.1. The summed E-state index contributed by atoms with van der Waals surface area (Å²) in [4.78, 5) is 4.14. The summed E-state index contributed by atoms with van der Waals surface area (Å²) in [6, 6.07) is 0. The lowest BCUT2D eigenvalue weighted by Gasteiger charge is -2.09. The number of nitrogen functional groups attached to an aromatic ring is 1. The zero-order valence-electron chi connectivity index (χ0n) is 7.47. The number of nitrogens with zero attached hydrogens (tertiary/aromatic N) is 1. The first-order valence-electron chi connectivity index (χ1n) is 4.01. The summed E-state index contributed by atoms with van der Waals surface area (Å²) in [5.74, 6) is 0.789.